The first-order chi connectivity index (χ1) is 6.61. The Bertz CT molecular complexity index is 189. The van der Waals surface area contributed by atoms with E-state index in [1.807, 2.05) is 13.8 Å². The number of hydrogen-bond acceptors (Lipinski definition) is 3. The summed E-state index contributed by atoms with van der Waals surface area (Å²) in [6.45, 7) is 5.67. The van der Waals surface area contributed by atoms with Crippen molar-refractivity contribution in [2.45, 2.75) is 38.8 Å². The molecule has 1 aliphatic rings. The molecular weight excluding hydrogens is 180 g/mol. The summed E-state index contributed by atoms with van der Waals surface area (Å²) in [5.74, 6) is -0.619. The molecule has 1 aliphatic heterocycles. The minimum absolute atomic E-state index is 0.133. The molecule has 0 spiro atoms. The Hall–Kier alpha value is -0.610. The van der Waals surface area contributed by atoms with Crippen LogP contribution in [0.15, 0.2) is 0 Å². The van der Waals surface area contributed by atoms with Crippen molar-refractivity contribution < 1.29 is 9.90 Å². The first-order valence-corrected chi connectivity index (χ1v) is 5.31. The van der Waals surface area contributed by atoms with E-state index in [0.29, 0.717) is 6.04 Å². The first-order valence-electron chi connectivity index (χ1n) is 5.31. The van der Waals surface area contributed by atoms with Crippen LogP contribution in [0.4, 0.5) is 0 Å². The summed E-state index contributed by atoms with van der Waals surface area (Å²) >= 11 is 0. The lowest BCUT2D eigenvalue weighted by Crippen LogP contribution is -2.46. The van der Waals surface area contributed by atoms with Gasteiger partial charge in [0.15, 0.2) is 0 Å². The zero-order chi connectivity index (χ0) is 10.6. The van der Waals surface area contributed by atoms with Crippen molar-refractivity contribution >= 4 is 5.97 Å². The van der Waals surface area contributed by atoms with Crippen LogP contribution in [0.2, 0.25) is 0 Å². The second kappa shape index (κ2) is 5.32. The third kappa shape index (κ3) is 3.27. The fraction of sp³-hybridized carbons (Fsp3) is 0.900. The zero-order valence-corrected chi connectivity index (χ0v) is 8.92. The molecule has 0 aromatic heterocycles. The lowest BCUT2D eigenvalue weighted by atomic mass is 10.0. The zero-order valence-electron chi connectivity index (χ0n) is 8.92. The average molecular weight is 200 g/mol. The third-order valence-corrected chi connectivity index (χ3v) is 2.68. The van der Waals surface area contributed by atoms with Gasteiger partial charge >= 0.3 is 5.97 Å². The molecular formula is C10H20N2O2. The van der Waals surface area contributed by atoms with Crippen LogP contribution < -0.4 is 10.6 Å². The predicted molar refractivity (Wildman–Crippen MR) is 55.3 cm³/mol. The van der Waals surface area contributed by atoms with E-state index in [0.717, 1.165) is 19.5 Å². The largest absolute Gasteiger partial charge is 0.480 e. The molecule has 3 N–H and O–H groups in total. The van der Waals surface area contributed by atoms with Gasteiger partial charge in [-0.1, -0.05) is 13.8 Å². The fourth-order valence-electron chi connectivity index (χ4n) is 1.81. The van der Waals surface area contributed by atoms with Gasteiger partial charge in [0, 0.05) is 12.6 Å². The number of carbonyl (C=O) groups is 1. The summed E-state index contributed by atoms with van der Waals surface area (Å²) < 4.78 is 0. The van der Waals surface area contributed by atoms with Crippen molar-refractivity contribution in [2.24, 2.45) is 5.92 Å². The number of hydrogen-bond donors (Lipinski definition) is 3. The van der Waals surface area contributed by atoms with Gasteiger partial charge in [0.2, 0.25) is 0 Å². The molecule has 0 unspecified atom stereocenters. The van der Waals surface area contributed by atoms with Gasteiger partial charge in [-0.05, 0) is 25.3 Å². The predicted octanol–water partition coefficient (Wildman–Crippen LogP) is 0.437. The highest BCUT2D eigenvalue weighted by atomic mass is 16.4. The van der Waals surface area contributed by atoms with Crippen LogP contribution in [0.1, 0.15) is 26.7 Å². The van der Waals surface area contributed by atoms with Gasteiger partial charge in [-0.15, -0.1) is 0 Å². The van der Waals surface area contributed by atoms with Crippen LogP contribution in [0, 0.1) is 5.92 Å². The molecule has 0 amide bonds. The van der Waals surface area contributed by atoms with Gasteiger partial charge in [-0.25, -0.2) is 0 Å². The van der Waals surface area contributed by atoms with Crippen LogP contribution in [0.25, 0.3) is 0 Å². The molecule has 0 bridgehead atoms. The van der Waals surface area contributed by atoms with Crippen molar-refractivity contribution in [2.75, 3.05) is 13.1 Å². The van der Waals surface area contributed by atoms with Gasteiger partial charge in [-0.2, -0.15) is 0 Å². The summed E-state index contributed by atoms with van der Waals surface area (Å²) in [4.78, 5) is 10.9. The highest BCUT2D eigenvalue weighted by molar-refractivity contribution is 5.73. The molecule has 0 saturated carbocycles. The van der Waals surface area contributed by atoms with Crippen LogP contribution in [-0.4, -0.2) is 36.2 Å². The van der Waals surface area contributed by atoms with Crippen LogP contribution in [-0.2, 0) is 4.79 Å². The summed E-state index contributed by atoms with van der Waals surface area (Å²) in [7, 11) is 0. The maximum absolute atomic E-state index is 10.9. The molecule has 14 heavy (non-hydrogen) atoms. The molecule has 82 valence electrons. The summed E-state index contributed by atoms with van der Waals surface area (Å²) in [5, 5.41) is 15.4. The van der Waals surface area contributed by atoms with Crippen molar-refractivity contribution in [3.63, 3.8) is 0 Å². The SMILES string of the molecule is CC(C)[C@H](NC[C@@H]1CCCN1)C(=O)O. The second-order valence-electron chi connectivity index (χ2n) is 4.26. The van der Waals surface area contributed by atoms with E-state index in [4.69, 9.17) is 5.11 Å². The summed E-state index contributed by atoms with van der Waals surface area (Å²) in [6.07, 6.45) is 2.35. The normalized spacial score (nSPS) is 24.1. The van der Waals surface area contributed by atoms with E-state index in [1.165, 1.54) is 6.42 Å². The Labute approximate surface area is 85.1 Å². The van der Waals surface area contributed by atoms with E-state index < -0.39 is 12.0 Å². The Morgan fingerprint density at radius 2 is 2.36 bits per heavy atom. The fourth-order valence-corrected chi connectivity index (χ4v) is 1.81. The molecule has 1 rings (SSSR count). The van der Waals surface area contributed by atoms with E-state index in [9.17, 15) is 4.79 Å². The molecule has 1 saturated heterocycles. The number of aliphatic carboxylic acids is 1. The maximum atomic E-state index is 10.9. The standard InChI is InChI=1S/C10H20N2O2/c1-7(2)9(10(13)14)12-6-8-4-3-5-11-8/h7-9,11-12H,3-6H2,1-2H3,(H,13,14)/t8-,9-/m0/s1. The van der Waals surface area contributed by atoms with Crippen molar-refractivity contribution in [1.82, 2.24) is 10.6 Å². The quantitative estimate of drug-likeness (QED) is 0.602. The molecule has 1 heterocycles. The lowest BCUT2D eigenvalue weighted by Gasteiger charge is -2.20. The van der Waals surface area contributed by atoms with Crippen molar-refractivity contribution in [3.8, 4) is 0 Å². The van der Waals surface area contributed by atoms with Gasteiger partial charge in [-0.3, -0.25) is 4.79 Å². The molecule has 4 heteroatoms. The lowest BCUT2D eigenvalue weighted by molar-refractivity contribution is -0.140. The monoisotopic (exact) mass is 200 g/mol. The Kier molecular flexibility index (Phi) is 4.35. The van der Waals surface area contributed by atoms with E-state index in [2.05, 4.69) is 10.6 Å². The molecule has 0 aromatic carbocycles. The van der Waals surface area contributed by atoms with Crippen LogP contribution in [0.3, 0.4) is 0 Å². The molecule has 2 atom stereocenters. The molecule has 0 aliphatic carbocycles. The highest BCUT2D eigenvalue weighted by Crippen LogP contribution is 2.06. The summed E-state index contributed by atoms with van der Waals surface area (Å²) in [6, 6.07) is 0.0352. The van der Waals surface area contributed by atoms with Crippen molar-refractivity contribution in [1.29, 1.82) is 0 Å². The smallest absolute Gasteiger partial charge is 0.320 e. The Balaban J connectivity index is 2.28. The number of carboxylic acids is 1. The number of nitrogens with one attached hydrogen (secondary N) is 2. The van der Waals surface area contributed by atoms with Gasteiger partial charge in [0.25, 0.3) is 0 Å². The summed E-state index contributed by atoms with van der Waals surface area (Å²) in [5.41, 5.74) is 0. The highest BCUT2D eigenvalue weighted by Gasteiger charge is 2.22. The Morgan fingerprint density at radius 1 is 1.64 bits per heavy atom. The average Bonchev–Trinajstić information content (AvgIpc) is 2.55. The first kappa shape index (κ1) is 11.5. The third-order valence-electron chi connectivity index (χ3n) is 2.68. The van der Waals surface area contributed by atoms with Gasteiger partial charge < -0.3 is 15.7 Å². The minimum Gasteiger partial charge on any atom is -0.480 e. The van der Waals surface area contributed by atoms with E-state index >= 15 is 0 Å². The van der Waals surface area contributed by atoms with Crippen LogP contribution >= 0.6 is 0 Å². The molecule has 1 fully saturated rings. The minimum atomic E-state index is -0.752. The van der Waals surface area contributed by atoms with Gasteiger partial charge in [0.1, 0.15) is 6.04 Å². The number of carboxylic acid groups (broad SMARTS) is 1. The van der Waals surface area contributed by atoms with Gasteiger partial charge in [0.05, 0.1) is 0 Å². The number of rotatable bonds is 5. The molecule has 0 aromatic rings. The van der Waals surface area contributed by atoms with E-state index in [-0.39, 0.29) is 5.92 Å². The second-order valence-corrected chi connectivity index (χ2v) is 4.26. The van der Waals surface area contributed by atoms with Crippen LogP contribution in [0.5, 0.6) is 0 Å². The van der Waals surface area contributed by atoms with Crippen molar-refractivity contribution in [3.05, 3.63) is 0 Å². The molecule has 4 nitrogen and oxygen atoms in total. The maximum Gasteiger partial charge on any atom is 0.320 e. The Morgan fingerprint density at radius 3 is 2.79 bits per heavy atom. The topological polar surface area (TPSA) is 61.4 Å². The molecule has 0 radical (unpaired) electrons. The van der Waals surface area contributed by atoms with E-state index in [1.54, 1.807) is 0 Å².